The summed E-state index contributed by atoms with van der Waals surface area (Å²) in [6.45, 7) is 27.7. The average Bonchev–Trinajstić information content (AvgIpc) is 1.62. The van der Waals surface area contributed by atoms with Gasteiger partial charge in [0.15, 0.2) is 0 Å². The van der Waals surface area contributed by atoms with Crippen molar-refractivity contribution >= 4 is 141 Å². The van der Waals surface area contributed by atoms with Gasteiger partial charge in [-0.15, -0.1) is 180 Å². The van der Waals surface area contributed by atoms with Crippen molar-refractivity contribution in [2.24, 2.45) is 0 Å². The van der Waals surface area contributed by atoms with Crippen LogP contribution in [0.15, 0.2) is 377 Å². The summed E-state index contributed by atoms with van der Waals surface area (Å²) in [7, 11) is -5.39. The number of pyridine rings is 13. The van der Waals surface area contributed by atoms with Gasteiger partial charge in [0, 0.05) is 178 Å². The van der Waals surface area contributed by atoms with Crippen LogP contribution < -0.4 is 20.7 Å². The first-order chi connectivity index (χ1) is 72.0. The molecule has 748 valence electrons. The van der Waals surface area contributed by atoms with E-state index in [9.17, 15) is 0 Å². The van der Waals surface area contributed by atoms with Crippen molar-refractivity contribution in [3.05, 3.63) is 431 Å². The summed E-state index contributed by atoms with van der Waals surface area (Å²) in [5, 5.41) is 13.5. The van der Waals surface area contributed by atoms with E-state index in [1.165, 1.54) is 44.3 Å². The van der Waals surface area contributed by atoms with Crippen molar-refractivity contribution < 1.29 is 106 Å². The minimum absolute atomic E-state index is 0. The number of rotatable bonds is 12. The molecule has 0 atom stereocenters. The molecule has 0 saturated carbocycles. The molecular weight excluding hydrogens is 2600 g/mol. The number of aromatic nitrogens is 13. The van der Waals surface area contributed by atoms with Gasteiger partial charge in [-0.1, -0.05) is 227 Å². The van der Waals surface area contributed by atoms with Crippen molar-refractivity contribution in [1.29, 1.82) is 0 Å². The summed E-state index contributed by atoms with van der Waals surface area (Å²) in [4.78, 5) is 56.8. The summed E-state index contributed by atoms with van der Waals surface area (Å²) in [6, 6.07) is 109. The Hall–Kier alpha value is -13.8. The first kappa shape index (κ1) is 103. The van der Waals surface area contributed by atoms with E-state index in [-0.39, 0.29) is 91.5 Å². The second-order valence-electron chi connectivity index (χ2n) is 38.3. The Morgan fingerprint density at radius 3 is 0.797 bits per heavy atom. The SMILES string of the molecule is C[Si](C)(C)c1ccc(-c2[c-]ccc3c2oc2ccccc23)nc1.C[Si](C)(C)c1ccc(-c2[c-]ccc3c2oc2ncccc23)nc1.C[Si](C)(C)c1ccc(-c2[c-]ncc3c2oc2ncccc23)nc1.C[Si](C)(C)c1ccc(-c2[c-]ncc3c2oc2ncccc23)nc1.Cc1ccc(-c2[c-]cccc2)nc1.Cc1ccc(-c2[c-]cccc2)nc1.[2H]C([2H])([2H])c1ccc(-c2[c-]cccc2)nc1.[2H]C([2H])([2H])c1ccc(-c2[c-]cccc2)nc1.[Ir].[Ir].[Ir].[Ir]. The largest absolute Gasteiger partial charge is 0.501 e. The Bertz CT molecular complexity index is 7840. The van der Waals surface area contributed by atoms with Crippen LogP contribution in [-0.2, 0) is 80.4 Å². The van der Waals surface area contributed by atoms with E-state index < -0.39 is 46.0 Å². The summed E-state index contributed by atoms with van der Waals surface area (Å²) in [6.07, 6.45) is 29.2. The third-order valence-corrected chi connectivity index (χ3v) is 31.7. The smallest absolute Gasteiger partial charge is 0.216 e. The van der Waals surface area contributed by atoms with E-state index in [4.69, 9.17) is 25.9 Å². The maximum absolute atomic E-state index is 7.23. The minimum Gasteiger partial charge on any atom is -0.501 e. The zero-order valence-corrected chi connectivity index (χ0v) is 97.4. The zero-order valence-electron chi connectivity index (χ0n) is 89.8. The molecule has 25 heteroatoms. The first-order valence-corrected chi connectivity index (χ1v) is 61.1. The molecule has 148 heavy (non-hydrogen) atoms. The van der Waals surface area contributed by atoms with E-state index in [0.29, 0.717) is 17.1 Å². The summed E-state index contributed by atoms with van der Waals surface area (Å²) in [5.74, 6) is 0. The summed E-state index contributed by atoms with van der Waals surface area (Å²) >= 11 is 0. The van der Waals surface area contributed by atoms with Gasteiger partial charge in [0.05, 0.1) is 54.6 Å². The van der Waals surface area contributed by atoms with Crippen LogP contribution in [0.3, 0.4) is 0 Å². The van der Waals surface area contributed by atoms with Gasteiger partial charge in [0.25, 0.3) is 0 Å². The normalized spacial score (nSPS) is 11.8. The number of benzene rings is 7. The molecule has 0 unspecified atom stereocenters. The van der Waals surface area contributed by atoms with Crippen LogP contribution in [0.4, 0.5) is 0 Å². The van der Waals surface area contributed by atoms with Crippen molar-refractivity contribution in [3.63, 3.8) is 0 Å². The Morgan fingerprint density at radius 2 is 0.500 bits per heavy atom. The number of hydrogen-bond donors (Lipinski definition) is 0. The molecule has 0 saturated heterocycles. The van der Waals surface area contributed by atoms with E-state index >= 15 is 0 Å². The third kappa shape index (κ3) is 27.8. The fraction of sp³-hybridized carbons (Fsp3) is 0.130. The third-order valence-electron chi connectivity index (χ3n) is 23.6. The second-order valence-corrected chi connectivity index (χ2v) is 58.6. The predicted octanol–water partition coefficient (Wildman–Crippen LogP) is 28.4. The van der Waals surface area contributed by atoms with Crippen LogP contribution in [-0.4, -0.2) is 97.1 Å². The molecule has 17 heterocycles. The van der Waals surface area contributed by atoms with Gasteiger partial charge in [0.2, 0.25) is 17.1 Å². The first-order valence-electron chi connectivity index (χ1n) is 50.1. The molecule has 0 N–H and O–H groups in total. The Labute approximate surface area is 931 Å². The van der Waals surface area contributed by atoms with E-state index in [2.05, 4.69) is 253 Å². The van der Waals surface area contributed by atoms with E-state index in [1.54, 1.807) is 67.4 Å². The van der Waals surface area contributed by atoms with Crippen LogP contribution in [0.2, 0.25) is 78.6 Å². The molecular formula is C123H107Ir4N13O4Si4-8. The molecule has 4 radical (unpaired) electrons. The van der Waals surface area contributed by atoms with Gasteiger partial charge in [-0.2, -0.15) is 0 Å². The number of fused-ring (bicyclic) bond motifs is 12. The summed E-state index contributed by atoms with van der Waals surface area (Å²) < 4.78 is 67.3. The molecule has 0 aliphatic heterocycles. The number of nitrogens with zero attached hydrogens (tertiary/aromatic N) is 13. The standard InChI is InChI=1S/C20H18NOSi.C19H17N2OSi.2C18H16N3OSi.4C12H10N.4Ir/c1-23(2,3)14-11-12-18(21-13-14)17-9-6-8-16-15-7-4-5-10-19(15)22-20(16)17;1-23(2,3)13-9-10-17(21-12-13)16-7-4-6-14-15-8-5-11-20-19(15)22-18(14)16;2*1-23(2,3)12-6-7-16(21-9-12)15-11-19-10-14-13-5-4-8-20-18(13)22-17(14)15;4*1-10-7-8-12(13-9-10)11-5-3-2-4-6-11;;;;/h4-8,10-13H,1-3H3;4-6,8-12H,1-3H3;2*4-10H,1-3H3;4*2-5,7-9H,1H3;;;;/q8*-1;;;;/i;;;;2*1D3;;;;;;. The molecule has 17 aromatic heterocycles. The molecule has 0 amide bonds. The molecule has 0 spiro atoms. The van der Waals surface area contributed by atoms with Crippen molar-refractivity contribution in [3.8, 4) is 90.1 Å². The maximum atomic E-state index is 7.23. The van der Waals surface area contributed by atoms with Gasteiger partial charge < -0.3 is 67.5 Å². The van der Waals surface area contributed by atoms with Gasteiger partial charge >= 0.3 is 0 Å². The fourth-order valence-electron chi connectivity index (χ4n) is 15.5. The monoisotopic (exact) mass is 2720 g/mol. The van der Waals surface area contributed by atoms with Gasteiger partial charge in [0.1, 0.15) is 5.58 Å². The second kappa shape index (κ2) is 50.7. The zero-order chi connectivity index (χ0) is 105. The number of furan rings is 4. The van der Waals surface area contributed by atoms with Crippen LogP contribution in [0, 0.1) is 76.3 Å². The molecule has 0 bridgehead atoms. The van der Waals surface area contributed by atoms with E-state index in [0.717, 1.165) is 161 Å². The van der Waals surface area contributed by atoms with Gasteiger partial charge in [-0.05, 0) is 194 Å². The Kier molecular flexibility index (Phi) is 35.2. The average molecular weight is 2720 g/mol. The molecule has 0 aliphatic carbocycles. The molecule has 24 aromatic rings. The van der Waals surface area contributed by atoms with Gasteiger partial charge in [-0.3, -0.25) is 0 Å². The maximum Gasteiger partial charge on any atom is 0.216 e. The molecule has 0 aliphatic rings. The fourth-order valence-corrected chi connectivity index (χ4v) is 19.6. The topological polar surface area (TPSA) is 220 Å². The molecule has 7 aromatic carbocycles. The Balaban J connectivity index is 0.000000147. The van der Waals surface area contributed by atoms with Gasteiger partial charge in [-0.25, -0.2) is 15.0 Å². The van der Waals surface area contributed by atoms with Crippen LogP contribution in [0.1, 0.15) is 30.5 Å². The molecule has 17 nitrogen and oxygen atoms in total. The van der Waals surface area contributed by atoms with Crippen molar-refractivity contribution in [2.75, 3.05) is 0 Å². The van der Waals surface area contributed by atoms with E-state index in [1.807, 2.05) is 233 Å². The van der Waals surface area contributed by atoms with Crippen LogP contribution in [0.5, 0.6) is 0 Å². The van der Waals surface area contributed by atoms with Crippen LogP contribution >= 0.6 is 0 Å². The van der Waals surface area contributed by atoms with Crippen molar-refractivity contribution in [2.45, 2.75) is 106 Å². The Morgan fingerprint density at radius 1 is 0.223 bits per heavy atom. The van der Waals surface area contributed by atoms with Crippen molar-refractivity contribution in [1.82, 2.24) is 64.8 Å². The predicted molar refractivity (Wildman–Crippen MR) is 597 cm³/mol. The molecule has 0 fully saturated rings. The number of aryl methyl sites for hydroxylation is 4. The quantitative estimate of drug-likeness (QED) is 0.0819. The number of hydrogen-bond acceptors (Lipinski definition) is 17. The molecule has 24 rings (SSSR count). The number of para-hydroxylation sites is 1. The summed E-state index contributed by atoms with van der Waals surface area (Å²) in [5.41, 5.74) is 22.9. The van der Waals surface area contributed by atoms with Crippen LogP contribution in [0.25, 0.3) is 178 Å². The minimum atomic E-state index is -2.09.